The predicted molar refractivity (Wildman–Crippen MR) is 462 cm³/mol. The molecule has 15 rings (SSSR count). The minimum atomic E-state index is -5.28. The summed E-state index contributed by atoms with van der Waals surface area (Å²) < 4.78 is 140. The summed E-state index contributed by atoms with van der Waals surface area (Å²) in [5.41, 5.74) is 0. The van der Waals surface area contributed by atoms with E-state index >= 15 is 0 Å². The van der Waals surface area contributed by atoms with Gasteiger partial charge in [0.25, 0.3) is 0 Å². The molecule has 0 spiro atoms. The number of hydrogen-bond donors (Lipinski definition) is 0. The summed E-state index contributed by atoms with van der Waals surface area (Å²) in [6, 6.07) is 79.2. The summed E-state index contributed by atoms with van der Waals surface area (Å²) in [6.45, 7) is 0. The van der Waals surface area contributed by atoms with Crippen molar-refractivity contribution in [2.75, 3.05) is 0 Å². The molecule has 0 amide bonds. The quantitative estimate of drug-likeness (QED) is 0.0948. The molecule has 5 fully saturated rings. The van der Waals surface area contributed by atoms with Crippen molar-refractivity contribution in [2.24, 2.45) is 0 Å². The van der Waals surface area contributed by atoms with Gasteiger partial charge in [-0.15, -0.1) is 0 Å². The van der Waals surface area contributed by atoms with E-state index in [9.17, 15) is 0 Å². The molecular formula is C60H40I10O15Si10. The Labute approximate surface area is 694 Å². The predicted octanol–water partition coefficient (Wildman–Crippen LogP) is 9.82. The van der Waals surface area contributed by atoms with Crippen molar-refractivity contribution in [1.29, 1.82) is 0 Å². The largest absolute Gasteiger partial charge is 0.515 e. The third kappa shape index (κ3) is 13.1. The van der Waals surface area contributed by atoms with Gasteiger partial charge in [0.05, 0.1) is 0 Å². The molecule has 5 saturated heterocycles. The van der Waals surface area contributed by atoms with Gasteiger partial charge in [0, 0.05) is 87.6 Å². The first kappa shape index (κ1) is 70.4. The van der Waals surface area contributed by atoms with Gasteiger partial charge in [-0.1, -0.05) is 121 Å². The Morgan fingerprint density at radius 2 is 0.179 bits per heavy atom. The zero-order chi connectivity index (χ0) is 65.4. The van der Waals surface area contributed by atoms with Gasteiger partial charge in [0.15, 0.2) is 0 Å². The summed E-state index contributed by atoms with van der Waals surface area (Å²) in [7, 11) is -52.8. The normalized spacial score (nSPS) is 31.5. The van der Waals surface area contributed by atoms with E-state index in [0.717, 1.165) is 35.7 Å². The number of benzene rings is 10. The van der Waals surface area contributed by atoms with Gasteiger partial charge in [-0.2, -0.15) is 0 Å². The Morgan fingerprint density at radius 3 is 0.242 bits per heavy atom. The topological polar surface area (TPSA) is 138 Å². The highest BCUT2D eigenvalue weighted by molar-refractivity contribution is 14.1. The van der Waals surface area contributed by atoms with E-state index in [0.29, 0.717) is 51.9 Å². The van der Waals surface area contributed by atoms with Crippen molar-refractivity contribution in [2.45, 2.75) is 0 Å². The minimum absolute atomic E-state index is 0.478. The summed E-state index contributed by atoms with van der Waals surface area (Å²) in [4.78, 5) is 0. The molecule has 0 aromatic heterocycles. The molecule has 10 aromatic rings. The van der Waals surface area contributed by atoms with Gasteiger partial charge in [-0.25, -0.2) is 0 Å². The maximum atomic E-state index is 8.76. The van der Waals surface area contributed by atoms with Crippen molar-refractivity contribution < 1.29 is 61.7 Å². The Hall–Kier alpha value is 1.07. The van der Waals surface area contributed by atoms with Crippen LogP contribution in [0, 0.1) is 35.7 Å². The van der Waals surface area contributed by atoms with Crippen LogP contribution in [0.25, 0.3) is 0 Å². The second kappa shape index (κ2) is 27.1. The molecule has 5 aliphatic heterocycles. The first-order valence-corrected chi connectivity index (χ1v) is 56.8. The highest BCUT2D eigenvalue weighted by Crippen LogP contribution is 2.50. The molecular weight excluding hydrogens is 2510 g/mol. The highest BCUT2D eigenvalue weighted by atomic mass is 127. The number of rotatable bonds is 10. The lowest BCUT2D eigenvalue weighted by Crippen LogP contribution is -2.96. The molecule has 0 unspecified atom stereocenters. The Bertz CT molecular complexity index is 3600. The summed E-state index contributed by atoms with van der Waals surface area (Å²) in [5.74, 6) is 0. The minimum Gasteiger partial charge on any atom is -0.366 e. The molecule has 0 radical (unpaired) electrons. The molecule has 480 valence electrons. The first-order valence-electron chi connectivity index (χ1n) is 28.7. The summed E-state index contributed by atoms with van der Waals surface area (Å²) >= 11 is 23.1. The van der Waals surface area contributed by atoms with Crippen LogP contribution < -0.4 is 51.9 Å². The standard InChI is InChI=1S/C60H40I10O15Si10/c61-41-1-21-51(22-2-41)86-71-87(52-23-3-42(62)4-24-52)78-90(55-29-9-45(65)10-30-55)72-88(76-86,53-25-5-43(63)6-26-53)80-92(57-33-13-47(67)14-34-57)74-94(82-90,59-37-17-49(69)18-38-59)85-95(60-39-19-50(70)20-40-60)75-93(84-92,58-35-15-48(68)16-36-58)81-89(77-86,54-27-7-44(64)8-28-54)73-91(79-87,83-95)56-31-11-46(66)12-32-56/h1-40H. The molecule has 35 heteroatoms. The molecule has 0 saturated carbocycles. The third-order valence-electron chi connectivity index (χ3n) is 16.0. The maximum absolute atomic E-state index is 8.76. The SMILES string of the molecule is Ic1ccc([Si]23O[Si]4(c5ccc(I)cc5)O[Si]5(c6ccc(I)cc6)O[Si](c6ccc(I)cc6)(O2)O[Si]2(c6ccc(I)cc6)O[Si](c6ccc(I)cc6)(O5)O[Si]5(c6ccc(I)cc6)O[Si](c6ccc(I)cc6)(O[Si](c6ccc(I)cc6)(O[Si](c6ccc(I)cc6)(O4)O5)O3)O2)cc1. The van der Waals surface area contributed by atoms with Gasteiger partial charge in [0.1, 0.15) is 0 Å². The van der Waals surface area contributed by atoms with Crippen LogP contribution in [-0.2, 0) is 61.7 Å². The fraction of sp³-hybridized carbons (Fsp3) is 0. The van der Waals surface area contributed by atoms with E-state index in [1.807, 2.05) is 243 Å². The molecule has 0 N–H and O–H groups in total. The van der Waals surface area contributed by atoms with Crippen LogP contribution in [-0.4, -0.2) is 88.0 Å². The van der Waals surface area contributed by atoms with Gasteiger partial charge in [-0.05, 0) is 347 Å². The lowest BCUT2D eigenvalue weighted by Gasteiger charge is -2.62. The zero-order valence-corrected chi connectivity index (χ0v) is 79.6. The second-order valence-corrected chi connectivity index (χ2v) is 63.8. The fourth-order valence-corrected chi connectivity index (χ4v) is 72.6. The number of hydrogen-bond acceptors (Lipinski definition) is 15. The van der Waals surface area contributed by atoms with Crippen LogP contribution in [0.5, 0.6) is 0 Å². The van der Waals surface area contributed by atoms with Gasteiger partial charge in [0.2, 0.25) is 0 Å². The molecule has 0 aliphatic carbocycles. The lowest BCUT2D eigenvalue weighted by atomic mass is 10.4. The van der Waals surface area contributed by atoms with E-state index in [1.165, 1.54) is 0 Å². The smallest absolute Gasteiger partial charge is 0.366 e. The molecule has 95 heavy (non-hydrogen) atoms. The van der Waals surface area contributed by atoms with Gasteiger partial charge < -0.3 is 61.7 Å². The average molecular weight is 2550 g/mol. The van der Waals surface area contributed by atoms with Crippen LogP contribution in [0.15, 0.2) is 243 Å². The van der Waals surface area contributed by atoms with Crippen molar-refractivity contribution in [3.05, 3.63) is 278 Å². The van der Waals surface area contributed by atoms with Crippen molar-refractivity contribution in [3.63, 3.8) is 0 Å². The van der Waals surface area contributed by atoms with Gasteiger partial charge in [-0.3, -0.25) is 0 Å². The van der Waals surface area contributed by atoms with Crippen LogP contribution >= 0.6 is 226 Å². The molecule has 15 nitrogen and oxygen atoms in total. The Balaban J connectivity index is 1.20. The van der Waals surface area contributed by atoms with E-state index in [1.54, 1.807) is 0 Å². The molecule has 10 bridgehead atoms. The summed E-state index contributed by atoms with van der Waals surface area (Å²) in [5, 5.41) is 4.78. The fourth-order valence-electron chi connectivity index (χ4n) is 11.6. The lowest BCUT2D eigenvalue weighted by molar-refractivity contribution is -0.00180. The number of halogens is 10. The van der Waals surface area contributed by atoms with E-state index < -0.39 is 88.0 Å². The highest BCUT2D eigenvalue weighted by Gasteiger charge is 2.87. The Kier molecular flexibility index (Phi) is 20.1. The van der Waals surface area contributed by atoms with Crippen LogP contribution in [0.2, 0.25) is 0 Å². The van der Waals surface area contributed by atoms with Crippen LogP contribution in [0.1, 0.15) is 0 Å². The van der Waals surface area contributed by atoms with Crippen molar-refractivity contribution in [3.8, 4) is 0 Å². The second-order valence-electron chi connectivity index (χ2n) is 22.2. The average Bonchev–Trinajstić information content (AvgIpc) is 0.665. The number of fused-ring (bicyclic) bond motifs is 10. The molecule has 5 heterocycles. The zero-order valence-electron chi connectivity index (χ0n) is 48.0. The Morgan fingerprint density at radius 1 is 0.116 bits per heavy atom. The molecule has 10 aromatic carbocycles. The van der Waals surface area contributed by atoms with Crippen LogP contribution in [0.3, 0.4) is 0 Å². The molecule has 5 aliphatic rings. The van der Waals surface area contributed by atoms with E-state index in [-0.39, 0.29) is 0 Å². The van der Waals surface area contributed by atoms with Crippen LogP contribution in [0.4, 0.5) is 0 Å². The summed E-state index contributed by atoms with van der Waals surface area (Å²) in [6.07, 6.45) is 0. The van der Waals surface area contributed by atoms with Crippen molar-refractivity contribution in [1.82, 2.24) is 0 Å². The van der Waals surface area contributed by atoms with Gasteiger partial charge >= 0.3 is 88.0 Å². The monoisotopic (exact) mass is 2550 g/mol. The molecule has 0 atom stereocenters. The maximum Gasteiger partial charge on any atom is 0.515 e. The van der Waals surface area contributed by atoms with Crippen molar-refractivity contribution >= 4 is 366 Å². The third-order valence-corrected chi connectivity index (χ3v) is 65.9. The van der Waals surface area contributed by atoms with E-state index in [2.05, 4.69) is 226 Å². The van der Waals surface area contributed by atoms with E-state index in [4.69, 9.17) is 61.7 Å². The first-order chi connectivity index (χ1) is 45.6.